The third-order valence-electron chi connectivity index (χ3n) is 4.25. The average molecular weight is 361 g/mol. The fraction of sp³-hybridized carbons (Fsp3) is 0.316. The predicted molar refractivity (Wildman–Crippen MR) is 97.4 cm³/mol. The van der Waals surface area contributed by atoms with E-state index in [1.165, 1.54) is 6.26 Å². The van der Waals surface area contributed by atoms with Crippen molar-refractivity contribution >= 4 is 15.7 Å². The first-order chi connectivity index (χ1) is 11.7. The van der Waals surface area contributed by atoms with Gasteiger partial charge in [0.15, 0.2) is 9.84 Å². The Balaban J connectivity index is 2.10. The number of nitrogens with zero attached hydrogens (tertiary/aromatic N) is 1. The Bertz CT molecular complexity index is 844. The molecule has 0 saturated heterocycles. The van der Waals surface area contributed by atoms with Crippen LogP contribution in [0.3, 0.4) is 0 Å². The number of rotatable bonds is 6. The van der Waals surface area contributed by atoms with Gasteiger partial charge in [-0.2, -0.15) is 0 Å². The van der Waals surface area contributed by atoms with E-state index in [1.54, 1.807) is 43.3 Å². The monoisotopic (exact) mass is 361 g/mol. The summed E-state index contributed by atoms with van der Waals surface area (Å²) in [5.41, 5.74) is 1.77. The molecule has 5 nitrogen and oxygen atoms in total. The molecule has 0 saturated carbocycles. The lowest BCUT2D eigenvalue weighted by molar-refractivity contribution is -0.131. The van der Waals surface area contributed by atoms with E-state index in [4.69, 9.17) is 4.74 Å². The van der Waals surface area contributed by atoms with E-state index in [0.29, 0.717) is 0 Å². The van der Waals surface area contributed by atoms with Gasteiger partial charge >= 0.3 is 0 Å². The molecule has 0 aliphatic rings. The molecule has 1 atom stereocenters. The van der Waals surface area contributed by atoms with Gasteiger partial charge in [-0.15, -0.1) is 0 Å². The van der Waals surface area contributed by atoms with E-state index >= 15 is 0 Å². The van der Waals surface area contributed by atoms with Crippen molar-refractivity contribution in [3.63, 3.8) is 0 Å². The molecule has 2 rings (SSSR count). The van der Waals surface area contributed by atoms with Gasteiger partial charge in [-0.3, -0.25) is 4.79 Å². The van der Waals surface area contributed by atoms with Crippen molar-refractivity contribution in [2.75, 3.05) is 20.4 Å². The number of sulfone groups is 1. The second kappa shape index (κ2) is 7.70. The fourth-order valence-electron chi connectivity index (χ4n) is 2.51. The van der Waals surface area contributed by atoms with Crippen molar-refractivity contribution in [2.45, 2.75) is 24.3 Å². The number of methoxy groups -OCH3 is 1. The highest BCUT2D eigenvalue weighted by Gasteiger charge is 2.18. The standard InChI is InChI=1S/C19H23NO4S/c1-14(16-8-10-18(11-9-16)25(4,22)23)20(2)19(21)13-15-6-5-7-17(12-15)24-3/h5-12,14H,13H2,1-4H3/t14-/m0/s1. The molecule has 2 aromatic carbocycles. The predicted octanol–water partition coefficient (Wildman–Crippen LogP) is 2.86. The molecule has 6 heteroatoms. The molecule has 0 aliphatic heterocycles. The summed E-state index contributed by atoms with van der Waals surface area (Å²) < 4.78 is 28.3. The Morgan fingerprint density at radius 1 is 1.16 bits per heavy atom. The van der Waals surface area contributed by atoms with E-state index < -0.39 is 9.84 Å². The van der Waals surface area contributed by atoms with Crippen LogP contribution in [0.5, 0.6) is 5.75 Å². The highest BCUT2D eigenvalue weighted by Crippen LogP contribution is 2.22. The Morgan fingerprint density at radius 3 is 2.36 bits per heavy atom. The van der Waals surface area contributed by atoms with Gasteiger partial charge in [-0.05, 0) is 42.3 Å². The van der Waals surface area contributed by atoms with Crippen LogP contribution in [-0.2, 0) is 21.1 Å². The Morgan fingerprint density at radius 2 is 1.80 bits per heavy atom. The molecule has 134 valence electrons. The van der Waals surface area contributed by atoms with Crippen LogP contribution in [0.15, 0.2) is 53.4 Å². The summed E-state index contributed by atoms with van der Waals surface area (Å²) in [6.45, 7) is 1.92. The van der Waals surface area contributed by atoms with Crippen molar-refractivity contribution < 1.29 is 17.9 Å². The van der Waals surface area contributed by atoms with Crippen LogP contribution in [0.25, 0.3) is 0 Å². The molecule has 0 aliphatic carbocycles. The minimum absolute atomic E-state index is 0.0204. The largest absolute Gasteiger partial charge is 0.497 e. The third-order valence-corrected chi connectivity index (χ3v) is 5.38. The molecule has 0 N–H and O–H groups in total. The van der Waals surface area contributed by atoms with Crippen LogP contribution in [-0.4, -0.2) is 39.6 Å². The van der Waals surface area contributed by atoms with Gasteiger partial charge < -0.3 is 9.64 Å². The summed E-state index contributed by atoms with van der Waals surface area (Å²) in [7, 11) is 0.119. The van der Waals surface area contributed by atoms with Gasteiger partial charge in [-0.1, -0.05) is 24.3 Å². The molecule has 0 aromatic heterocycles. The summed E-state index contributed by atoms with van der Waals surface area (Å²) in [6, 6.07) is 13.9. The highest BCUT2D eigenvalue weighted by atomic mass is 32.2. The Hall–Kier alpha value is -2.34. The van der Waals surface area contributed by atoms with Gasteiger partial charge in [0.05, 0.1) is 24.5 Å². The number of likely N-dealkylation sites (N-methyl/N-ethyl adjacent to an activating group) is 1. The maximum Gasteiger partial charge on any atom is 0.227 e. The molecule has 0 bridgehead atoms. The minimum atomic E-state index is -3.22. The SMILES string of the molecule is COc1cccc(CC(=O)N(C)[C@@H](C)c2ccc(S(C)(=O)=O)cc2)c1. The van der Waals surface area contributed by atoms with E-state index in [9.17, 15) is 13.2 Å². The lowest BCUT2D eigenvalue weighted by Gasteiger charge is -2.25. The number of benzene rings is 2. The molecule has 0 radical (unpaired) electrons. The van der Waals surface area contributed by atoms with Crippen molar-refractivity contribution in [3.8, 4) is 5.75 Å². The van der Waals surface area contributed by atoms with Crippen LogP contribution < -0.4 is 4.74 Å². The molecule has 0 heterocycles. The summed E-state index contributed by atoms with van der Waals surface area (Å²) in [5.74, 6) is 0.699. The third kappa shape index (κ3) is 4.82. The van der Waals surface area contributed by atoms with E-state index in [2.05, 4.69) is 0 Å². The molecular formula is C19H23NO4S. The molecule has 0 unspecified atom stereocenters. The van der Waals surface area contributed by atoms with Crippen molar-refractivity contribution in [1.82, 2.24) is 4.90 Å². The smallest absolute Gasteiger partial charge is 0.227 e. The number of amides is 1. The molecular weight excluding hydrogens is 338 g/mol. The molecule has 1 amide bonds. The summed E-state index contributed by atoms with van der Waals surface area (Å²) in [5, 5.41) is 0. The summed E-state index contributed by atoms with van der Waals surface area (Å²) in [6.07, 6.45) is 1.45. The van der Waals surface area contributed by atoms with E-state index in [1.807, 2.05) is 31.2 Å². The second-order valence-electron chi connectivity index (χ2n) is 6.05. The number of carbonyl (C=O) groups excluding carboxylic acids is 1. The topological polar surface area (TPSA) is 63.7 Å². The van der Waals surface area contributed by atoms with Crippen LogP contribution in [0.1, 0.15) is 24.1 Å². The number of carbonyl (C=O) groups is 1. The Labute approximate surface area is 149 Å². The maximum atomic E-state index is 12.5. The first-order valence-corrected chi connectivity index (χ1v) is 9.80. The van der Waals surface area contributed by atoms with Crippen LogP contribution in [0.4, 0.5) is 0 Å². The fourth-order valence-corrected chi connectivity index (χ4v) is 3.15. The van der Waals surface area contributed by atoms with Gasteiger partial charge in [-0.25, -0.2) is 8.42 Å². The van der Waals surface area contributed by atoms with Crippen LogP contribution >= 0.6 is 0 Å². The van der Waals surface area contributed by atoms with E-state index in [-0.39, 0.29) is 23.3 Å². The normalized spacial score (nSPS) is 12.5. The zero-order chi connectivity index (χ0) is 18.6. The average Bonchev–Trinajstić information content (AvgIpc) is 2.60. The quantitative estimate of drug-likeness (QED) is 0.794. The Kier molecular flexibility index (Phi) is 5.85. The van der Waals surface area contributed by atoms with Crippen LogP contribution in [0.2, 0.25) is 0 Å². The molecule has 25 heavy (non-hydrogen) atoms. The van der Waals surface area contributed by atoms with Crippen molar-refractivity contribution in [1.29, 1.82) is 0 Å². The van der Waals surface area contributed by atoms with Gasteiger partial charge in [0.1, 0.15) is 5.75 Å². The van der Waals surface area contributed by atoms with Crippen molar-refractivity contribution in [3.05, 3.63) is 59.7 Å². The van der Waals surface area contributed by atoms with Gasteiger partial charge in [0, 0.05) is 13.3 Å². The number of ether oxygens (including phenoxy) is 1. The number of hydrogen-bond acceptors (Lipinski definition) is 4. The lowest BCUT2D eigenvalue weighted by Crippen LogP contribution is -2.31. The lowest BCUT2D eigenvalue weighted by atomic mass is 10.1. The van der Waals surface area contributed by atoms with Gasteiger partial charge in [0.25, 0.3) is 0 Å². The molecule has 0 spiro atoms. The second-order valence-corrected chi connectivity index (χ2v) is 8.07. The van der Waals surface area contributed by atoms with Crippen LogP contribution in [0, 0.1) is 0 Å². The zero-order valence-corrected chi connectivity index (χ0v) is 15.7. The summed E-state index contributed by atoms with van der Waals surface area (Å²) >= 11 is 0. The zero-order valence-electron chi connectivity index (χ0n) is 14.9. The summed E-state index contributed by atoms with van der Waals surface area (Å²) in [4.78, 5) is 14.5. The van der Waals surface area contributed by atoms with E-state index in [0.717, 1.165) is 16.9 Å². The molecule has 0 fully saturated rings. The van der Waals surface area contributed by atoms with Crippen molar-refractivity contribution in [2.24, 2.45) is 0 Å². The number of hydrogen-bond donors (Lipinski definition) is 0. The van der Waals surface area contributed by atoms with Gasteiger partial charge in [0.2, 0.25) is 5.91 Å². The first-order valence-electron chi connectivity index (χ1n) is 7.91. The minimum Gasteiger partial charge on any atom is -0.497 e. The maximum absolute atomic E-state index is 12.5. The first kappa shape index (κ1) is 19.0. The molecule has 2 aromatic rings. The highest BCUT2D eigenvalue weighted by molar-refractivity contribution is 7.90.